The number of rotatable bonds is 2. The highest BCUT2D eigenvalue weighted by Gasteiger charge is 2.01. The number of nitriles is 1. The average molecular weight is 199 g/mol. The predicted molar refractivity (Wildman–Crippen MR) is 53.2 cm³/mol. The van der Waals surface area contributed by atoms with Crippen LogP contribution in [-0.4, -0.2) is 20.0 Å². The molecule has 0 atom stereocenters. The van der Waals surface area contributed by atoms with Crippen molar-refractivity contribution in [1.82, 2.24) is 20.0 Å². The predicted octanol–water partition coefficient (Wildman–Crippen LogP) is 1.10. The molecule has 5 heteroatoms. The van der Waals surface area contributed by atoms with Gasteiger partial charge in [-0.1, -0.05) is 6.92 Å². The highest BCUT2D eigenvalue weighted by molar-refractivity contribution is 5.33. The first-order chi connectivity index (χ1) is 7.33. The second-order valence-electron chi connectivity index (χ2n) is 3.02. The van der Waals surface area contributed by atoms with Crippen LogP contribution in [0.1, 0.15) is 18.3 Å². The summed E-state index contributed by atoms with van der Waals surface area (Å²) in [5.74, 6) is 0. The molecule has 0 aliphatic rings. The summed E-state index contributed by atoms with van der Waals surface area (Å²) < 4.78 is 1.69. The van der Waals surface area contributed by atoms with Crippen molar-refractivity contribution in [2.45, 2.75) is 13.3 Å². The molecule has 0 amide bonds. The Hall–Kier alpha value is -2.22. The van der Waals surface area contributed by atoms with Crippen molar-refractivity contribution >= 4 is 0 Å². The maximum Gasteiger partial charge on any atom is 0.165 e. The third-order valence-corrected chi connectivity index (χ3v) is 2.03. The van der Waals surface area contributed by atoms with Gasteiger partial charge in [-0.2, -0.15) is 15.5 Å². The van der Waals surface area contributed by atoms with Gasteiger partial charge in [0.15, 0.2) is 5.69 Å². The summed E-state index contributed by atoms with van der Waals surface area (Å²) in [6, 6.07) is 5.53. The zero-order valence-electron chi connectivity index (χ0n) is 8.25. The van der Waals surface area contributed by atoms with Crippen molar-refractivity contribution in [3.63, 3.8) is 0 Å². The summed E-state index contributed by atoms with van der Waals surface area (Å²) in [6.45, 7) is 2.04. The molecule has 0 N–H and O–H groups in total. The zero-order valence-corrected chi connectivity index (χ0v) is 8.25. The summed E-state index contributed by atoms with van der Waals surface area (Å²) in [5.41, 5.74) is 2.05. The molecule has 0 aliphatic heterocycles. The van der Waals surface area contributed by atoms with E-state index in [0.29, 0.717) is 5.69 Å². The van der Waals surface area contributed by atoms with Gasteiger partial charge in [0, 0.05) is 12.3 Å². The topological polar surface area (TPSA) is 67.4 Å². The second-order valence-corrected chi connectivity index (χ2v) is 3.02. The Morgan fingerprint density at radius 1 is 1.53 bits per heavy atom. The van der Waals surface area contributed by atoms with Crippen LogP contribution in [0.15, 0.2) is 24.5 Å². The molecule has 15 heavy (non-hydrogen) atoms. The van der Waals surface area contributed by atoms with E-state index >= 15 is 0 Å². The van der Waals surface area contributed by atoms with Gasteiger partial charge in [-0.05, 0) is 12.5 Å². The lowest BCUT2D eigenvalue weighted by Crippen LogP contribution is -1.99. The van der Waals surface area contributed by atoms with E-state index in [1.807, 2.05) is 25.3 Å². The minimum absolute atomic E-state index is 0.293. The van der Waals surface area contributed by atoms with E-state index in [1.165, 1.54) is 0 Å². The van der Waals surface area contributed by atoms with Crippen molar-refractivity contribution in [3.05, 3.63) is 35.9 Å². The Morgan fingerprint density at radius 3 is 3.07 bits per heavy atom. The average Bonchev–Trinajstić information content (AvgIpc) is 2.78. The molecule has 0 radical (unpaired) electrons. The van der Waals surface area contributed by atoms with Gasteiger partial charge in [-0.15, -0.1) is 5.10 Å². The highest BCUT2D eigenvalue weighted by atomic mass is 15.3. The molecule has 0 fully saturated rings. The van der Waals surface area contributed by atoms with Gasteiger partial charge in [-0.3, -0.25) is 0 Å². The molecule has 2 heterocycles. The first kappa shape index (κ1) is 9.34. The SMILES string of the molecule is CCc1ccn(-c2cnnc(C#N)c2)n1. The summed E-state index contributed by atoms with van der Waals surface area (Å²) in [5, 5.41) is 20.4. The third-order valence-electron chi connectivity index (χ3n) is 2.03. The van der Waals surface area contributed by atoms with Crippen molar-refractivity contribution in [3.8, 4) is 11.8 Å². The molecule has 0 saturated heterocycles. The Bertz CT molecular complexity index is 509. The molecule has 0 spiro atoms. The van der Waals surface area contributed by atoms with Crippen molar-refractivity contribution in [2.75, 3.05) is 0 Å². The first-order valence-corrected chi connectivity index (χ1v) is 4.61. The largest absolute Gasteiger partial charge is 0.239 e. The van der Waals surface area contributed by atoms with E-state index < -0.39 is 0 Å². The van der Waals surface area contributed by atoms with E-state index in [9.17, 15) is 0 Å². The van der Waals surface area contributed by atoms with Crippen LogP contribution in [0.25, 0.3) is 5.69 Å². The van der Waals surface area contributed by atoms with Crippen LogP contribution in [-0.2, 0) is 6.42 Å². The van der Waals surface area contributed by atoms with E-state index in [2.05, 4.69) is 15.3 Å². The molecular weight excluding hydrogens is 190 g/mol. The van der Waals surface area contributed by atoms with Gasteiger partial charge in [0.1, 0.15) is 6.07 Å². The van der Waals surface area contributed by atoms with Crippen LogP contribution in [0.3, 0.4) is 0 Å². The van der Waals surface area contributed by atoms with E-state index in [4.69, 9.17) is 5.26 Å². The molecule has 0 aromatic carbocycles. The summed E-state index contributed by atoms with van der Waals surface area (Å²) in [4.78, 5) is 0. The Kier molecular flexibility index (Phi) is 2.42. The lowest BCUT2D eigenvalue weighted by atomic mass is 10.3. The molecule has 0 saturated carbocycles. The van der Waals surface area contributed by atoms with Crippen molar-refractivity contribution in [2.24, 2.45) is 0 Å². The number of nitrogens with zero attached hydrogens (tertiary/aromatic N) is 5. The number of aryl methyl sites for hydroxylation is 1. The fraction of sp³-hybridized carbons (Fsp3) is 0.200. The standard InChI is InChI=1S/C10H9N5/c1-2-8-3-4-15(14-8)10-5-9(6-11)13-12-7-10/h3-5,7H,2H2,1H3. The summed E-state index contributed by atoms with van der Waals surface area (Å²) in [6.07, 6.45) is 4.31. The van der Waals surface area contributed by atoms with E-state index in [1.54, 1.807) is 16.9 Å². The number of hydrogen-bond acceptors (Lipinski definition) is 4. The molecule has 0 unspecified atom stereocenters. The monoisotopic (exact) mass is 199 g/mol. The molecule has 0 aliphatic carbocycles. The van der Waals surface area contributed by atoms with Gasteiger partial charge >= 0.3 is 0 Å². The van der Waals surface area contributed by atoms with E-state index in [0.717, 1.165) is 17.8 Å². The Morgan fingerprint density at radius 2 is 2.40 bits per heavy atom. The molecule has 2 rings (SSSR count). The first-order valence-electron chi connectivity index (χ1n) is 4.61. The minimum Gasteiger partial charge on any atom is -0.239 e. The molecular formula is C10H9N5. The zero-order chi connectivity index (χ0) is 10.7. The van der Waals surface area contributed by atoms with Crippen molar-refractivity contribution < 1.29 is 0 Å². The Balaban J connectivity index is 2.41. The number of hydrogen-bond donors (Lipinski definition) is 0. The molecule has 74 valence electrons. The van der Waals surface area contributed by atoms with Crippen molar-refractivity contribution in [1.29, 1.82) is 5.26 Å². The summed E-state index contributed by atoms with van der Waals surface area (Å²) >= 11 is 0. The third kappa shape index (κ3) is 1.83. The summed E-state index contributed by atoms with van der Waals surface area (Å²) in [7, 11) is 0. The minimum atomic E-state index is 0.293. The van der Waals surface area contributed by atoms with Crippen LogP contribution >= 0.6 is 0 Å². The smallest absolute Gasteiger partial charge is 0.165 e. The Labute approximate surface area is 87.0 Å². The fourth-order valence-electron chi connectivity index (χ4n) is 1.23. The molecule has 0 bridgehead atoms. The van der Waals surface area contributed by atoms with Gasteiger partial charge in [-0.25, -0.2) is 4.68 Å². The lowest BCUT2D eigenvalue weighted by molar-refractivity contribution is 0.825. The van der Waals surface area contributed by atoms with E-state index in [-0.39, 0.29) is 0 Å². The van der Waals surface area contributed by atoms with Crippen LogP contribution < -0.4 is 0 Å². The number of aromatic nitrogens is 4. The quantitative estimate of drug-likeness (QED) is 0.726. The normalized spacial score (nSPS) is 9.87. The van der Waals surface area contributed by atoms with Gasteiger partial charge in [0.25, 0.3) is 0 Å². The van der Waals surface area contributed by atoms with Gasteiger partial charge < -0.3 is 0 Å². The highest BCUT2D eigenvalue weighted by Crippen LogP contribution is 2.06. The fourth-order valence-corrected chi connectivity index (χ4v) is 1.23. The van der Waals surface area contributed by atoms with Crippen LogP contribution in [0.2, 0.25) is 0 Å². The van der Waals surface area contributed by atoms with Gasteiger partial charge in [0.2, 0.25) is 0 Å². The van der Waals surface area contributed by atoms with Crippen LogP contribution in [0.4, 0.5) is 0 Å². The van der Waals surface area contributed by atoms with Crippen LogP contribution in [0, 0.1) is 11.3 Å². The molecule has 2 aromatic heterocycles. The molecule has 5 nitrogen and oxygen atoms in total. The van der Waals surface area contributed by atoms with Crippen LogP contribution in [0.5, 0.6) is 0 Å². The maximum atomic E-state index is 8.68. The lowest BCUT2D eigenvalue weighted by Gasteiger charge is -1.99. The van der Waals surface area contributed by atoms with Gasteiger partial charge in [0.05, 0.1) is 17.6 Å². The second kappa shape index (κ2) is 3.88. The maximum absolute atomic E-state index is 8.68. The molecule has 2 aromatic rings.